The van der Waals surface area contributed by atoms with Crippen molar-refractivity contribution in [3.8, 4) is 17.6 Å². The molecule has 1 atom stereocenters. The van der Waals surface area contributed by atoms with Crippen LogP contribution in [0.15, 0.2) is 60.7 Å². The Bertz CT molecular complexity index is 2220. The van der Waals surface area contributed by atoms with Gasteiger partial charge >= 0.3 is 0 Å². The van der Waals surface area contributed by atoms with Gasteiger partial charge in [-0.25, -0.2) is 0 Å². The molecule has 2 N–H and O–H groups in total. The van der Waals surface area contributed by atoms with Gasteiger partial charge in [0.2, 0.25) is 11.8 Å². The lowest BCUT2D eigenvalue weighted by atomic mass is 9.49. The summed E-state index contributed by atoms with van der Waals surface area (Å²) < 4.78 is 12.5. The van der Waals surface area contributed by atoms with Gasteiger partial charge in [-0.3, -0.25) is 39.1 Å². The molecule has 4 fully saturated rings. The number of rotatable bonds is 11. The van der Waals surface area contributed by atoms with Crippen LogP contribution in [-0.2, 0) is 9.59 Å². The molecule has 0 spiro atoms. The second-order valence-corrected chi connectivity index (χ2v) is 18.1. The quantitative estimate of drug-likeness (QED) is 0.233. The van der Waals surface area contributed by atoms with E-state index in [-0.39, 0.29) is 59.0 Å². The highest BCUT2D eigenvalue weighted by atomic mass is 35.5. The Morgan fingerprint density at radius 2 is 1.54 bits per heavy atom. The molecule has 1 aliphatic carbocycles. The van der Waals surface area contributed by atoms with Gasteiger partial charge in [0.05, 0.1) is 21.7 Å². The Labute approximate surface area is 348 Å². The summed E-state index contributed by atoms with van der Waals surface area (Å²) in [5, 5.41) is 15.1. The van der Waals surface area contributed by atoms with Crippen LogP contribution in [0.2, 0.25) is 5.02 Å². The van der Waals surface area contributed by atoms with Crippen molar-refractivity contribution in [3.63, 3.8) is 0 Å². The van der Waals surface area contributed by atoms with Crippen LogP contribution in [0.5, 0.6) is 11.5 Å². The molecule has 14 heteroatoms. The molecular formula is C45H49ClN6O7. The third-order valence-electron chi connectivity index (χ3n) is 13.0. The number of halogens is 1. The number of benzene rings is 3. The number of nitriles is 1. The van der Waals surface area contributed by atoms with Crippen molar-refractivity contribution in [1.82, 2.24) is 20.4 Å². The molecule has 5 aliphatic rings. The number of hydrogen-bond acceptors (Lipinski definition) is 10. The van der Waals surface area contributed by atoms with Gasteiger partial charge in [0.15, 0.2) is 0 Å². The zero-order valence-corrected chi connectivity index (χ0v) is 34.5. The van der Waals surface area contributed by atoms with Crippen LogP contribution in [-0.4, -0.2) is 96.4 Å². The summed E-state index contributed by atoms with van der Waals surface area (Å²) in [6.45, 7) is 12.8. The van der Waals surface area contributed by atoms with Crippen LogP contribution in [0.1, 0.15) is 96.4 Å². The van der Waals surface area contributed by atoms with E-state index in [9.17, 15) is 29.2 Å². The highest BCUT2D eigenvalue weighted by Gasteiger charge is 2.64. The van der Waals surface area contributed by atoms with Crippen LogP contribution < -0.4 is 25.0 Å². The lowest BCUT2D eigenvalue weighted by molar-refractivity contribution is -0.164. The Kier molecular flexibility index (Phi) is 10.7. The van der Waals surface area contributed by atoms with E-state index >= 15 is 0 Å². The van der Waals surface area contributed by atoms with Gasteiger partial charge in [-0.2, -0.15) is 5.26 Å². The Hall–Kier alpha value is -5.45. The van der Waals surface area contributed by atoms with E-state index in [1.165, 1.54) is 0 Å². The number of hydrogen-bond donors (Lipinski definition) is 2. The van der Waals surface area contributed by atoms with Crippen molar-refractivity contribution in [2.24, 2.45) is 16.7 Å². The van der Waals surface area contributed by atoms with Gasteiger partial charge in [-0.15, -0.1) is 0 Å². The minimum Gasteiger partial charge on any atom is -0.489 e. The fourth-order valence-electron chi connectivity index (χ4n) is 9.97. The maximum absolute atomic E-state index is 13.5. The van der Waals surface area contributed by atoms with Crippen LogP contribution in [0.4, 0.5) is 5.69 Å². The van der Waals surface area contributed by atoms with Gasteiger partial charge in [-0.1, -0.05) is 39.3 Å². The smallest absolute Gasteiger partial charge is 0.262 e. The number of nitrogens with one attached hydrogen (secondary N) is 2. The first-order valence-corrected chi connectivity index (χ1v) is 20.8. The van der Waals surface area contributed by atoms with E-state index in [0.29, 0.717) is 33.6 Å². The number of imide groups is 2. The first-order valence-electron chi connectivity index (χ1n) is 20.4. The number of ether oxygens (including phenoxy) is 2. The average Bonchev–Trinajstić information content (AvgIpc) is 3.44. The molecule has 0 bridgehead atoms. The number of carbonyl (C=O) groups excluding carboxylic acids is 5. The summed E-state index contributed by atoms with van der Waals surface area (Å²) in [6, 6.07) is 18.8. The molecule has 0 radical (unpaired) electrons. The van der Waals surface area contributed by atoms with Crippen molar-refractivity contribution >= 4 is 46.8 Å². The predicted octanol–water partition coefficient (Wildman–Crippen LogP) is 5.59. The van der Waals surface area contributed by atoms with E-state index in [4.69, 9.17) is 21.1 Å². The molecule has 1 saturated carbocycles. The molecule has 4 aliphatic heterocycles. The number of fused-ring (bicyclic) bond motifs is 1. The van der Waals surface area contributed by atoms with Gasteiger partial charge in [0.1, 0.15) is 35.8 Å². The zero-order chi connectivity index (χ0) is 41.8. The van der Waals surface area contributed by atoms with Crippen LogP contribution in [0, 0.1) is 28.1 Å². The van der Waals surface area contributed by atoms with Crippen molar-refractivity contribution in [2.75, 3.05) is 37.6 Å². The van der Waals surface area contributed by atoms with E-state index < -0.39 is 29.7 Å². The van der Waals surface area contributed by atoms with Crippen molar-refractivity contribution in [1.29, 1.82) is 5.26 Å². The van der Waals surface area contributed by atoms with E-state index in [2.05, 4.69) is 54.2 Å². The number of piperidine rings is 2. The molecule has 0 aromatic heterocycles. The van der Waals surface area contributed by atoms with E-state index in [1.54, 1.807) is 36.4 Å². The SMILES string of the molecule is CC1(C)[C@H](NC(=O)c2ccc(N3CCC(CCN4CC(Oc5ccc6c(c5)C(=O)N(C5CCC(=O)NC5=O)C6=O)C4)CC3)cc2)C(C)(C)[C@H]1Oc1ccc(C#N)c(Cl)c1. The largest absolute Gasteiger partial charge is 0.489 e. The molecule has 59 heavy (non-hydrogen) atoms. The lowest BCUT2D eigenvalue weighted by Crippen LogP contribution is -2.74. The zero-order valence-electron chi connectivity index (χ0n) is 33.8. The first kappa shape index (κ1) is 40.3. The Morgan fingerprint density at radius 3 is 2.20 bits per heavy atom. The van der Waals surface area contributed by atoms with Gasteiger partial charge in [0.25, 0.3) is 17.7 Å². The van der Waals surface area contributed by atoms with Gasteiger partial charge in [0, 0.05) is 66.8 Å². The monoisotopic (exact) mass is 820 g/mol. The Balaban J connectivity index is 0.756. The third-order valence-corrected chi connectivity index (χ3v) is 13.3. The molecule has 8 rings (SSSR count). The van der Waals surface area contributed by atoms with Crippen LogP contribution in [0.3, 0.4) is 0 Å². The van der Waals surface area contributed by atoms with Crippen molar-refractivity contribution in [2.45, 2.75) is 84.1 Å². The van der Waals surface area contributed by atoms with Gasteiger partial charge in [-0.05, 0) is 92.7 Å². The second-order valence-electron chi connectivity index (χ2n) is 17.7. The number of likely N-dealkylation sites (tertiary alicyclic amines) is 1. The fourth-order valence-corrected chi connectivity index (χ4v) is 10.2. The summed E-state index contributed by atoms with van der Waals surface area (Å²) in [5.41, 5.74) is 1.88. The molecule has 3 aromatic rings. The molecule has 13 nitrogen and oxygen atoms in total. The number of anilines is 1. The summed E-state index contributed by atoms with van der Waals surface area (Å²) in [7, 11) is 0. The maximum atomic E-state index is 13.5. The molecule has 308 valence electrons. The normalized spacial score (nSPS) is 24.1. The third kappa shape index (κ3) is 7.64. The van der Waals surface area contributed by atoms with Crippen molar-refractivity contribution in [3.05, 3.63) is 87.9 Å². The van der Waals surface area contributed by atoms with Crippen LogP contribution in [0.25, 0.3) is 0 Å². The molecule has 1 unspecified atom stereocenters. The van der Waals surface area contributed by atoms with Gasteiger partial charge < -0.3 is 19.7 Å². The summed E-state index contributed by atoms with van der Waals surface area (Å²) in [4.78, 5) is 69.3. The summed E-state index contributed by atoms with van der Waals surface area (Å²) in [6.07, 6.45) is 3.29. The molecular weight excluding hydrogens is 772 g/mol. The average molecular weight is 821 g/mol. The second kappa shape index (κ2) is 15.6. The highest BCUT2D eigenvalue weighted by Crippen LogP contribution is 2.55. The predicted molar refractivity (Wildman–Crippen MR) is 219 cm³/mol. The minimum absolute atomic E-state index is 0.0174. The molecule has 3 saturated heterocycles. The Morgan fingerprint density at radius 1 is 0.881 bits per heavy atom. The maximum Gasteiger partial charge on any atom is 0.262 e. The standard InChI is InChI=1S/C45H49ClN6O7/c1-44(2)42(45(3,4)43(44)59-31-10-7-28(23-47)35(46)22-31)49-38(54)27-5-8-29(9-6-27)51-19-16-26(17-20-51)15-18-50-24-32(25-50)58-30-11-12-33-34(21-30)41(57)52(40(33)56)36-13-14-37(53)48-39(36)55/h5-12,21-22,26,32,36,42-43H,13-20,24-25H2,1-4H3,(H,49,54)(H,48,53,55)/t36?,42-,43-. The molecule has 4 heterocycles. The number of nitrogens with zero attached hydrogens (tertiary/aromatic N) is 4. The van der Waals surface area contributed by atoms with Crippen molar-refractivity contribution < 1.29 is 33.4 Å². The summed E-state index contributed by atoms with van der Waals surface area (Å²) in [5.74, 6) is -0.486. The highest BCUT2D eigenvalue weighted by molar-refractivity contribution is 6.31. The number of carbonyl (C=O) groups is 5. The molecule has 3 aromatic carbocycles. The topological polar surface area (TPSA) is 161 Å². The first-order chi connectivity index (χ1) is 28.1. The van der Waals surface area contributed by atoms with E-state index in [1.807, 2.05) is 24.3 Å². The molecule has 5 amide bonds. The summed E-state index contributed by atoms with van der Waals surface area (Å²) >= 11 is 6.25. The van der Waals surface area contributed by atoms with Crippen LogP contribution >= 0.6 is 11.6 Å². The minimum atomic E-state index is -0.997. The number of amides is 5. The van der Waals surface area contributed by atoms with E-state index in [0.717, 1.165) is 62.6 Å². The lowest BCUT2D eigenvalue weighted by Gasteiger charge is -2.63. The fraction of sp³-hybridized carbons (Fsp3) is 0.467.